The van der Waals surface area contributed by atoms with Gasteiger partial charge in [0.1, 0.15) is 0 Å². The topological polar surface area (TPSA) is 62.3 Å². The first-order valence-corrected chi connectivity index (χ1v) is 7.90. The van der Waals surface area contributed by atoms with Gasteiger partial charge in [0, 0.05) is 26.9 Å². The Morgan fingerprint density at radius 2 is 1.95 bits per heavy atom. The fraction of sp³-hybridized carbons (Fsp3) is 0.214. The van der Waals surface area contributed by atoms with E-state index in [2.05, 4.69) is 27.0 Å². The molecule has 2 heterocycles. The molecule has 0 atom stereocenters. The minimum absolute atomic E-state index is 0.477. The second-order valence-electron chi connectivity index (χ2n) is 4.48. The van der Waals surface area contributed by atoms with Gasteiger partial charge < -0.3 is 19.8 Å². The van der Waals surface area contributed by atoms with E-state index in [1.165, 1.54) is 4.88 Å². The first kappa shape index (κ1) is 14.2. The fourth-order valence-corrected chi connectivity index (χ4v) is 3.67. The van der Waals surface area contributed by atoms with Crippen LogP contribution in [0.1, 0.15) is 4.88 Å². The number of thiophene rings is 1. The molecule has 2 N–H and O–H groups in total. The number of aromatic nitrogens is 2. The Morgan fingerprint density at radius 1 is 1.24 bits per heavy atom. The van der Waals surface area contributed by atoms with Crippen molar-refractivity contribution in [3.63, 3.8) is 0 Å². The molecule has 0 saturated carbocycles. The van der Waals surface area contributed by atoms with Crippen molar-refractivity contribution in [2.24, 2.45) is 0 Å². The Bertz CT molecular complexity index is 797. The molecule has 110 valence electrons. The summed E-state index contributed by atoms with van der Waals surface area (Å²) in [7, 11) is 3.22. The Morgan fingerprint density at radius 3 is 2.57 bits per heavy atom. The smallest absolute Gasteiger partial charge is 0.201 e. The summed E-state index contributed by atoms with van der Waals surface area (Å²) in [6.07, 6.45) is 0. The molecule has 0 fully saturated rings. The maximum Gasteiger partial charge on any atom is 0.201 e. The van der Waals surface area contributed by atoms with Gasteiger partial charge >= 0.3 is 0 Å². The lowest BCUT2D eigenvalue weighted by Crippen LogP contribution is -2.03. The van der Waals surface area contributed by atoms with Crippen LogP contribution in [-0.2, 0) is 6.54 Å². The standard InChI is InChI=1S/C14H14BrN3O2S/c1-19-12-4-10-11(5-13(12)20-2)18(14(16)17-10)6-9-3-8(15)7-21-9/h3-5,7H,6H2,1-2H3,(H2,16,17). The van der Waals surface area contributed by atoms with E-state index in [0.717, 1.165) is 15.5 Å². The number of nitrogens with zero attached hydrogens (tertiary/aromatic N) is 2. The average Bonchev–Trinajstić information content (AvgIpc) is 3.02. The van der Waals surface area contributed by atoms with Crippen LogP contribution in [0.25, 0.3) is 11.0 Å². The van der Waals surface area contributed by atoms with Crippen LogP contribution in [0.15, 0.2) is 28.1 Å². The summed E-state index contributed by atoms with van der Waals surface area (Å²) in [5.41, 5.74) is 7.77. The van der Waals surface area contributed by atoms with Crippen molar-refractivity contribution in [2.45, 2.75) is 6.54 Å². The van der Waals surface area contributed by atoms with Crippen LogP contribution in [0.4, 0.5) is 5.95 Å². The Kier molecular flexibility index (Phi) is 3.77. The van der Waals surface area contributed by atoms with E-state index >= 15 is 0 Å². The van der Waals surface area contributed by atoms with E-state index in [0.29, 0.717) is 24.0 Å². The molecule has 2 aromatic heterocycles. The van der Waals surface area contributed by atoms with Gasteiger partial charge in [0.2, 0.25) is 5.95 Å². The molecule has 1 aromatic carbocycles. The number of anilines is 1. The number of rotatable bonds is 4. The van der Waals surface area contributed by atoms with Gasteiger partial charge in [0.15, 0.2) is 11.5 Å². The van der Waals surface area contributed by atoms with E-state index in [1.807, 2.05) is 22.1 Å². The lowest BCUT2D eigenvalue weighted by molar-refractivity contribution is 0.355. The molecule has 0 amide bonds. The summed E-state index contributed by atoms with van der Waals surface area (Å²) in [5, 5.41) is 2.05. The lowest BCUT2D eigenvalue weighted by Gasteiger charge is -2.09. The van der Waals surface area contributed by atoms with Crippen LogP contribution in [0.3, 0.4) is 0 Å². The summed E-state index contributed by atoms with van der Waals surface area (Å²) in [6.45, 7) is 0.675. The van der Waals surface area contributed by atoms with Gasteiger partial charge in [-0.3, -0.25) is 0 Å². The molecule has 21 heavy (non-hydrogen) atoms. The number of nitrogens with two attached hydrogens (primary N) is 1. The Labute approximate surface area is 134 Å². The lowest BCUT2D eigenvalue weighted by atomic mass is 10.2. The summed E-state index contributed by atoms with van der Waals surface area (Å²) >= 11 is 5.14. The number of fused-ring (bicyclic) bond motifs is 1. The summed E-state index contributed by atoms with van der Waals surface area (Å²) in [6, 6.07) is 5.82. The molecular weight excluding hydrogens is 354 g/mol. The number of benzene rings is 1. The van der Waals surface area contributed by atoms with Crippen LogP contribution in [0.2, 0.25) is 0 Å². The average molecular weight is 368 g/mol. The third-order valence-corrected chi connectivity index (χ3v) is 4.90. The largest absolute Gasteiger partial charge is 0.493 e. The summed E-state index contributed by atoms with van der Waals surface area (Å²) in [4.78, 5) is 5.60. The Balaban J connectivity index is 2.11. The predicted octanol–water partition coefficient (Wildman–Crippen LogP) is 3.51. The minimum atomic E-state index is 0.477. The molecule has 0 aliphatic heterocycles. The van der Waals surface area contributed by atoms with Gasteiger partial charge in [0.05, 0.1) is 31.8 Å². The molecule has 0 aliphatic carbocycles. The van der Waals surface area contributed by atoms with Crippen molar-refractivity contribution in [2.75, 3.05) is 20.0 Å². The first-order chi connectivity index (χ1) is 10.1. The molecule has 3 aromatic rings. The number of nitrogen functional groups attached to an aromatic ring is 1. The van der Waals surface area contributed by atoms with Gasteiger partial charge in [-0.1, -0.05) is 0 Å². The predicted molar refractivity (Wildman–Crippen MR) is 88.4 cm³/mol. The van der Waals surface area contributed by atoms with Gasteiger partial charge in [0.25, 0.3) is 0 Å². The van der Waals surface area contributed by atoms with E-state index in [1.54, 1.807) is 25.6 Å². The monoisotopic (exact) mass is 367 g/mol. The summed E-state index contributed by atoms with van der Waals surface area (Å²) in [5.74, 6) is 1.79. The highest BCUT2D eigenvalue weighted by molar-refractivity contribution is 9.10. The number of hydrogen-bond acceptors (Lipinski definition) is 5. The van der Waals surface area contributed by atoms with Crippen LogP contribution >= 0.6 is 27.3 Å². The molecule has 0 saturated heterocycles. The van der Waals surface area contributed by atoms with Crippen molar-refractivity contribution < 1.29 is 9.47 Å². The van der Waals surface area contributed by atoms with Crippen LogP contribution in [0, 0.1) is 0 Å². The molecule has 0 bridgehead atoms. The molecule has 0 unspecified atom stereocenters. The van der Waals surface area contributed by atoms with E-state index in [-0.39, 0.29) is 0 Å². The molecule has 7 heteroatoms. The number of halogens is 1. The zero-order valence-electron chi connectivity index (χ0n) is 11.6. The molecule has 5 nitrogen and oxygen atoms in total. The van der Waals surface area contributed by atoms with Gasteiger partial charge in [-0.15, -0.1) is 11.3 Å². The van der Waals surface area contributed by atoms with Crippen molar-refractivity contribution in [3.05, 3.63) is 32.9 Å². The molecule has 0 aliphatic rings. The number of methoxy groups -OCH3 is 2. The normalized spacial score (nSPS) is 11.0. The van der Waals surface area contributed by atoms with Crippen LogP contribution < -0.4 is 15.2 Å². The van der Waals surface area contributed by atoms with Crippen molar-refractivity contribution in [3.8, 4) is 11.5 Å². The quantitative estimate of drug-likeness (QED) is 0.766. The van der Waals surface area contributed by atoms with Crippen molar-refractivity contribution in [1.82, 2.24) is 9.55 Å². The van der Waals surface area contributed by atoms with Crippen LogP contribution in [-0.4, -0.2) is 23.8 Å². The molecule has 3 rings (SSSR count). The SMILES string of the molecule is COc1cc2nc(N)n(Cc3cc(Br)cs3)c2cc1OC. The molecular formula is C14H14BrN3O2S. The van der Waals surface area contributed by atoms with Gasteiger partial charge in [-0.2, -0.15) is 0 Å². The second kappa shape index (κ2) is 5.57. The highest BCUT2D eigenvalue weighted by atomic mass is 79.9. The summed E-state index contributed by atoms with van der Waals surface area (Å²) < 4.78 is 13.7. The highest BCUT2D eigenvalue weighted by Crippen LogP contribution is 2.33. The van der Waals surface area contributed by atoms with Gasteiger partial charge in [-0.05, 0) is 22.0 Å². The van der Waals surface area contributed by atoms with Crippen molar-refractivity contribution in [1.29, 1.82) is 0 Å². The van der Waals surface area contributed by atoms with E-state index < -0.39 is 0 Å². The Hall–Kier alpha value is -1.73. The zero-order chi connectivity index (χ0) is 15.0. The third-order valence-electron chi connectivity index (χ3n) is 3.22. The number of hydrogen-bond donors (Lipinski definition) is 1. The minimum Gasteiger partial charge on any atom is -0.493 e. The highest BCUT2D eigenvalue weighted by Gasteiger charge is 2.14. The molecule has 0 radical (unpaired) electrons. The maximum absolute atomic E-state index is 6.05. The van der Waals surface area contributed by atoms with Crippen LogP contribution in [0.5, 0.6) is 11.5 Å². The number of imidazole rings is 1. The fourth-order valence-electron chi connectivity index (χ4n) is 2.23. The van der Waals surface area contributed by atoms with E-state index in [4.69, 9.17) is 15.2 Å². The van der Waals surface area contributed by atoms with Gasteiger partial charge in [-0.25, -0.2) is 4.98 Å². The zero-order valence-corrected chi connectivity index (χ0v) is 14.0. The first-order valence-electron chi connectivity index (χ1n) is 6.23. The van der Waals surface area contributed by atoms with E-state index in [9.17, 15) is 0 Å². The second-order valence-corrected chi connectivity index (χ2v) is 6.39. The van der Waals surface area contributed by atoms with Crippen molar-refractivity contribution >= 4 is 44.2 Å². The number of ether oxygens (including phenoxy) is 2. The third kappa shape index (κ3) is 2.58. The maximum atomic E-state index is 6.05. The molecule has 0 spiro atoms.